The van der Waals surface area contributed by atoms with Gasteiger partial charge >= 0.3 is 5.97 Å². The van der Waals surface area contributed by atoms with Crippen LogP contribution in [0, 0.1) is 17.7 Å². The van der Waals surface area contributed by atoms with Crippen LogP contribution in [0.25, 0.3) is 5.69 Å². The first-order valence-electron chi connectivity index (χ1n) is 14.2. The Hall–Kier alpha value is -4.46. The van der Waals surface area contributed by atoms with Crippen molar-refractivity contribution in [3.8, 4) is 11.4 Å². The van der Waals surface area contributed by atoms with Crippen LogP contribution in [0.15, 0.2) is 84.0 Å². The zero-order valence-corrected chi connectivity index (χ0v) is 24.6. The zero-order chi connectivity index (χ0) is 30.1. The van der Waals surface area contributed by atoms with Gasteiger partial charge in [-0.15, -0.1) is 0 Å². The van der Waals surface area contributed by atoms with Gasteiger partial charge in [-0.2, -0.15) is 5.10 Å². The Bertz CT molecular complexity index is 1480. The van der Waals surface area contributed by atoms with E-state index in [0.717, 1.165) is 41.0 Å². The average molecular weight is 572 g/mol. The Balaban J connectivity index is 1.34. The van der Waals surface area contributed by atoms with E-state index in [-0.39, 0.29) is 18.8 Å². The highest BCUT2D eigenvalue weighted by Gasteiger charge is 2.22. The summed E-state index contributed by atoms with van der Waals surface area (Å²) in [6, 6.07) is 23.9. The Morgan fingerprint density at radius 3 is 2.17 bits per heavy atom. The highest BCUT2D eigenvalue weighted by Crippen LogP contribution is 2.20. The molecule has 0 fully saturated rings. The molecule has 0 aliphatic carbocycles. The van der Waals surface area contributed by atoms with E-state index in [1.165, 1.54) is 17.7 Å². The van der Waals surface area contributed by atoms with Crippen LogP contribution >= 0.6 is 0 Å². The van der Waals surface area contributed by atoms with Crippen molar-refractivity contribution in [1.82, 2.24) is 9.78 Å². The zero-order valence-electron chi connectivity index (χ0n) is 24.6. The molecule has 7 nitrogen and oxygen atoms in total. The van der Waals surface area contributed by atoms with E-state index in [0.29, 0.717) is 24.0 Å². The van der Waals surface area contributed by atoms with Gasteiger partial charge in [0.2, 0.25) is 0 Å². The second kappa shape index (κ2) is 14.4. The monoisotopic (exact) mass is 571 g/mol. The number of carboxylic acids is 1. The molecule has 3 aromatic carbocycles. The SMILES string of the molecule is CCc1cc(COc2ccc(CC(C(=O)O)/C(C)=N/OCc3ccc(F)cc3)cc2)nn1-c1ccc(CC(C)C)cc1. The Morgan fingerprint density at radius 2 is 1.55 bits per heavy atom. The maximum absolute atomic E-state index is 13.1. The van der Waals surface area contributed by atoms with E-state index >= 15 is 0 Å². The normalized spacial score (nSPS) is 12.4. The Labute approximate surface area is 246 Å². The number of oxime groups is 1. The van der Waals surface area contributed by atoms with Crippen LogP contribution in [0.2, 0.25) is 0 Å². The second-order valence-corrected chi connectivity index (χ2v) is 10.8. The van der Waals surface area contributed by atoms with Gasteiger partial charge in [0.1, 0.15) is 36.4 Å². The van der Waals surface area contributed by atoms with Gasteiger partial charge in [0.05, 0.1) is 11.4 Å². The molecule has 0 aliphatic rings. The summed E-state index contributed by atoms with van der Waals surface area (Å²) < 4.78 is 21.0. The molecule has 1 atom stereocenters. The van der Waals surface area contributed by atoms with Crippen LogP contribution in [0.4, 0.5) is 4.39 Å². The number of aromatic nitrogens is 2. The van der Waals surface area contributed by atoms with Gasteiger partial charge in [0, 0.05) is 5.69 Å². The molecule has 1 unspecified atom stereocenters. The van der Waals surface area contributed by atoms with Crippen LogP contribution in [0.1, 0.15) is 55.8 Å². The summed E-state index contributed by atoms with van der Waals surface area (Å²) in [5.74, 6) is -0.884. The van der Waals surface area contributed by atoms with E-state index in [9.17, 15) is 14.3 Å². The molecular formula is C34H38FN3O4. The molecule has 0 radical (unpaired) electrons. The van der Waals surface area contributed by atoms with Crippen molar-refractivity contribution in [2.75, 3.05) is 0 Å². The third-order valence-electron chi connectivity index (χ3n) is 6.93. The van der Waals surface area contributed by atoms with Crippen LogP contribution in [0.3, 0.4) is 0 Å². The fraction of sp³-hybridized carbons (Fsp3) is 0.324. The van der Waals surface area contributed by atoms with Crippen molar-refractivity contribution >= 4 is 11.7 Å². The number of aliphatic carboxylic acids is 1. The highest BCUT2D eigenvalue weighted by molar-refractivity contribution is 6.00. The molecule has 0 bridgehead atoms. The van der Waals surface area contributed by atoms with Gasteiger partial charge in [-0.05, 0) is 91.3 Å². The summed E-state index contributed by atoms with van der Waals surface area (Å²) in [4.78, 5) is 17.3. The lowest BCUT2D eigenvalue weighted by Gasteiger charge is -2.13. The number of halogens is 1. The van der Waals surface area contributed by atoms with E-state index in [1.807, 2.05) is 28.9 Å². The molecular weight excluding hydrogens is 533 g/mol. The third kappa shape index (κ3) is 8.52. The minimum Gasteiger partial charge on any atom is -0.487 e. The topological polar surface area (TPSA) is 85.9 Å². The first-order valence-corrected chi connectivity index (χ1v) is 14.2. The highest BCUT2D eigenvalue weighted by atomic mass is 19.1. The van der Waals surface area contributed by atoms with Crippen molar-refractivity contribution in [2.45, 2.75) is 60.2 Å². The molecule has 1 heterocycles. The van der Waals surface area contributed by atoms with Gasteiger partial charge in [0.25, 0.3) is 0 Å². The Kier molecular flexibility index (Phi) is 10.5. The lowest BCUT2D eigenvalue weighted by atomic mass is 9.95. The number of benzene rings is 3. The van der Waals surface area contributed by atoms with Gasteiger partial charge in [-0.3, -0.25) is 4.79 Å². The lowest BCUT2D eigenvalue weighted by molar-refractivity contribution is -0.139. The number of hydrogen-bond acceptors (Lipinski definition) is 5. The molecule has 0 saturated carbocycles. The third-order valence-corrected chi connectivity index (χ3v) is 6.93. The van der Waals surface area contributed by atoms with Gasteiger partial charge in [-0.25, -0.2) is 9.07 Å². The summed E-state index contributed by atoms with van der Waals surface area (Å²) in [6.45, 7) is 8.62. The molecule has 42 heavy (non-hydrogen) atoms. The summed E-state index contributed by atoms with van der Waals surface area (Å²) in [6.07, 6.45) is 2.15. The minimum atomic E-state index is -0.987. The number of ether oxygens (including phenoxy) is 1. The van der Waals surface area contributed by atoms with Crippen molar-refractivity contribution < 1.29 is 23.9 Å². The van der Waals surface area contributed by atoms with Gasteiger partial charge in [-0.1, -0.05) is 62.3 Å². The largest absolute Gasteiger partial charge is 0.487 e. The summed E-state index contributed by atoms with van der Waals surface area (Å²) >= 11 is 0. The number of carboxylic acid groups (broad SMARTS) is 1. The van der Waals surface area contributed by atoms with Crippen LogP contribution in [0.5, 0.6) is 5.75 Å². The molecule has 4 aromatic rings. The van der Waals surface area contributed by atoms with Crippen molar-refractivity contribution in [2.24, 2.45) is 17.0 Å². The van der Waals surface area contributed by atoms with E-state index in [4.69, 9.17) is 14.7 Å². The predicted molar refractivity (Wildman–Crippen MR) is 161 cm³/mol. The summed E-state index contributed by atoms with van der Waals surface area (Å²) in [7, 11) is 0. The second-order valence-electron chi connectivity index (χ2n) is 10.8. The fourth-order valence-electron chi connectivity index (χ4n) is 4.65. The minimum absolute atomic E-state index is 0.124. The van der Waals surface area contributed by atoms with Crippen LogP contribution in [-0.2, 0) is 42.1 Å². The van der Waals surface area contributed by atoms with Gasteiger partial charge in [0.15, 0.2) is 0 Å². The van der Waals surface area contributed by atoms with Crippen LogP contribution < -0.4 is 4.74 Å². The molecule has 1 aromatic heterocycles. The number of rotatable bonds is 14. The molecule has 0 aliphatic heterocycles. The van der Waals surface area contributed by atoms with E-state index in [2.05, 4.69) is 56.3 Å². The average Bonchev–Trinajstić information content (AvgIpc) is 3.39. The predicted octanol–water partition coefficient (Wildman–Crippen LogP) is 7.19. The van der Waals surface area contributed by atoms with E-state index in [1.54, 1.807) is 19.1 Å². The summed E-state index contributed by atoms with van der Waals surface area (Å²) in [5, 5.41) is 18.6. The molecule has 4 rings (SSSR count). The first-order chi connectivity index (χ1) is 20.2. The molecule has 0 spiro atoms. The van der Waals surface area contributed by atoms with E-state index < -0.39 is 11.9 Å². The molecule has 8 heteroatoms. The molecule has 220 valence electrons. The maximum atomic E-state index is 13.1. The fourth-order valence-corrected chi connectivity index (χ4v) is 4.65. The smallest absolute Gasteiger partial charge is 0.312 e. The van der Waals surface area contributed by atoms with Crippen LogP contribution in [-0.4, -0.2) is 26.6 Å². The molecule has 1 N–H and O–H groups in total. The number of carbonyl (C=O) groups is 1. The number of hydrogen-bond donors (Lipinski definition) is 1. The standard InChI is InChI=1S/C34H38FN3O4/c1-5-30-20-29(36-38(30)31-14-8-25(9-15-31)18-23(2)3)22-41-32-16-10-26(11-17-32)19-33(34(39)40)24(4)37-42-21-27-6-12-28(35)13-7-27/h6-17,20,23,33H,5,18-19,21-22H2,1-4H3,(H,39,40)/b37-24+. The number of aryl methyl sites for hydroxylation is 1. The van der Waals surface area contributed by atoms with Crippen molar-refractivity contribution in [3.05, 3.63) is 113 Å². The molecule has 0 saturated heterocycles. The quantitative estimate of drug-likeness (QED) is 0.128. The Morgan fingerprint density at radius 1 is 0.929 bits per heavy atom. The first kappa shape index (κ1) is 30.5. The number of nitrogens with zero attached hydrogens (tertiary/aromatic N) is 3. The van der Waals surface area contributed by atoms with Crippen molar-refractivity contribution in [3.63, 3.8) is 0 Å². The van der Waals surface area contributed by atoms with Crippen molar-refractivity contribution in [1.29, 1.82) is 0 Å². The maximum Gasteiger partial charge on any atom is 0.312 e. The van der Waals surface area contributed by atoms with Gasteiger partial charge < -0.3 is 14.7 Å². The summed E-state index contributed by atoms with van der Waals surface area (Å²) in [5.41, 5.74) is 6.22. The lowest BCUT2D eigenvalue weighted by Crippen LogP contribution is -2.24. The molecule has 0 amide bonds.